The highest BCUT2D eigenvalue weighted by molar-refractivity contribution is 8.02. The number of likely N-dealkylation sites (tertiary alicyclic amines) is 1. The highest BCUT2D eigenvalue weighted by Crippen LogP contribution is 2.66. The standard InChI is InChI=1S/C28H32N2O5S/c1-2-35-27(34)22-21-13-14-28(36-21)23(22)26(33)30(20(17-31)15-18-9-5-3-6-10-18)24(28)25(32)29-16-19-11-7-4-8-12-19/h3-12,20-24,31H,2,13-17H2,1H3,(H,29,32)/t20-,21-,22+,23+,24?,28?/m1/s1. The molecule has 0 saturated carbocycles. The van der Waals surface area contributed by atoms with E-state index >= 15 is 0 Å². The van der Waals surface area contributed by atoms with Crippen LogP contribution < -0.4 is 5.32 Å². The molecular weight excluding hydrogens is 476 g/mol. The van der Waals surface area contributed by atoms with E-state index in [0.717, 1.165) is 17.5 Å². The molecule has 190 valence electrons. The quantitative estimate of drug-likeness (QED) is 0.506. The summed E-state index contributed by atoms with van der Waals surface area (Å²) in [6, 6.07) is 18.0. The Kier molecular flexibility index (Phi) is 7.08. The number of hydrogen-bond acceptors (Lipinski definition) is 6. The Morgan fingerprint density at radius 2 is 1.81 bits per heavy atom. The lowest BCUT2D eigenvalue weighted by Gasteiger charge is -2.37. The van der Waals surface area contributed by atoms with Gasteiger partial charge in [0.05, 0.1) is 35.8 Å². The molecule has 3 saturated heterocycles. The van der Waals surface area contributed by atoms with Gasteiger partial charge in [0.2, 0.25) is 11.8 Å². The Morgan fingerprint density at radius 1 is 1.14 bits per heavy atom. The second-order valence-corrected chi connectivity index (χ2v) is 11.4. The van der Waals surface area contributed by atoms with E-state index in [9.17, 15) is 19.5 Å². The number of carbonyl (C=O) groups is 3. The lowest BCUT2D eigenvalue weighted by Crippen LogP contribution is -2.56. The number of carbonyl (C=O) groups excluding carboxylic acids is 3. The summed E-state index contributed by atoms with van der Waals surface area (Å²) < 4.78 is 4.67. The molecular formula is C28H32N2O5S. The van der Waals surface area contributed by atoms with Gasteiger partial charge in [0.25, 0.3) is 0 Å². The van der Waals surface area contributed by atoms with Crippen molar-refractivity contribution in [1.82, 2.24) is 10.2 Å². The number of esters is 1. The molecule has 2 unspecified atom stereocenters. The largest absolute Gasteiger partial charge is 0.466 e. The van der Waals surface area contributed by atoms with Gasteiger partial charge in [-0.25, -0.2) is 0 Å². The zero-order valence-electron chi connectivity index (χ0n) is 20.3. The minimum absolute atomic E-state index is 0.0359. The topological polar surface area (TPSA) is 95.9 Å². The summed E-state index contributed by atoms with van der Waals surface area (Å²) in [6.45, 7) is 2.08. The van der Waals surface area contributed by atoms with Gasteiger partial charge in [-0.15, -0.1) is 11.8 Å². The van der Waals surface area contributed by atoms with E-state index in [0.29, 0.717) is 19.4 Å². The summed E-state index contributed by atoms with van der Waals surface area (Å²) in [4.78, 5) is 42.5. The number of nitrogens with zero attached hydrogens (tertiary/aromatic N) is 1. The van der Waals surface area contributed by atoms with Gasteiger partial charge in [-0.05, 0) is 37.3 Å². The van der Waals surface area contributed by atoms with E-state index in [1.807, 2.05) is 60.7 Å². The zero-order valence-corrected chi connectivity index (χ0v) is 21.2. The number of aliphatic hydroxyl groups is 1. The number of thioether (sulfide) groups is 1. The summed E-state index contributed by atoms with van der Waals surface area (Å²) in [5.74, 6) is -2.01. The average molecular weight is 509 g/mol. The number of ether oxygens (including phenoxy) is 1. The average Bonchev–Trinajstić information content (AvgIpc) is 3.54. The maximum absolute atomic E-state index is 14.1. The van der Waals surface area contributed by atoms with Crippen LogP contribution in [-0.4, -0.2) is 63.1 Å². The van der Waals surface area contributed by atoms with Crippen LogP contribution in [0.1, 0.15) is 30.9 Å². The first kappa shape index (κ1) is 24.8. The van der Waals surface area contributed by atoms with E-state index in [-0.39, 0.29) is 36.2 Å². The molecule has 36 heavy (non-hydrogen) atoms. The third-order valence-corrected chi connectivity index (χ3v) is 9.72. The first-order valence-corrected chi connectivity index (χ1v) is 13.5. The van der Waals surface area contributed by atoms with Gasteiger partial charge >= 0.3 is 5.97 Å². The fourth-order valence-corrected chi connectivity index (χ4v) is 8.50. The molecule has 2 bridgehead atoms. The molecule has 0 aliphatic carbocycles. The minimum atomic E-state index is -0.769. The van der Waals surface area contributed by atoms with Gasteiger partial charge in [0.1, 0.15) is 6.04 Å². The van der Waals surface area contributed by atoms with Crippen LogP contribution in [0.15, 0.2) is 60.7 Å². The molecule has 6 atom stereocenters. The Morgan fingerprint density at radius 3 is 2.44 bits per heavy atom. The van der Waals surface area contributed by atoms with Gasteiger partial charge in [-0.3, -0.25) is 14.4 Å². The number of fused-ring (bicyclic) bond motifs is 1. The molecule has 8 heteroatoms. The van der Waals surface area contributed by atoms with Crippen LogP contribution in [0.25, 0.3) is 0 Å². The Balaban J connectivity index is 1.49. The number of nitrogens with one attached hydrogen (secondary N) is 1. The highest BCUT2D eigenvalue weighted by Gasteiger charge is 2.74. The van der Waals surface area contributed by atoms with Gasteiger partial charge in [0, 0.05) is 11.8 Å². The van der Waals surface area contributed by atoms with Crippen molar-refractivity contribution in [3.05, 3.63) is 71.8 Å². The van der Waals surface area contributed by atoms with Gasteiger partial charge in [-0.2, -0.15) is 0 Å². The summed E-state index contributed by atoms with van der Waals surface area (Å²) in [6.07, 6.45) is 1.86. The van der Waals surface area contributed by atoms with Gasteiger partial charge < -0.3 is 20.1 Å². The molecule has 1 spiro atoms. The smallest absolute Gasteiger partial charge is 0.310 e. The van der Waals surface area contributed by atoms with Crippen LogP contribution in [0.5, 0.6) is 0 Å². The molecule has 3 heterocycles. The first-order valence-electron chi connectivity index (χ1n) is 12.6. The predicted molar refractivity (Wildman–Crippen MR) is 137 cm³/mol. The Labute approximate surface area is 215 Å². The van der Waals surface area contributed by atoms with Crippen molar-refractivity contribution in [3.63, 3.8) is 0 Å². The van der Waals surface area contributed by atoms with Crippen LogP contribution in [0.3, 0.4) is 0 Å². The van der Waals surface area contributed by atoms with Crippen LogP contribution in [-0.2, 0) is 32.1 Å². The van der Waals surface area contributed by atoms with E-state index in [1.165, 1.54) is 0 Å². The fraction of sp³-hybridized carbons (Fsp3) is 0.464. The molecule has 3 aliphatic heterocycles. The number of rotatable bonds is 9. The number of hydrogen-bond donors (Lipinski definition) is 2. The Hall–Kier alpha value is -2.84. The van der Waals surface area contributed by atoms with Crippen molar-refractivity contribution >= 4 is 29.5 Å². The maximum Gasteiger partial charge on any atom is 0.310 e. The summed E-state index contributed by atoms with van der Waals surface area (Å²) in [7, 11) is 0. The molecule has 3 aliphatic rings. The van der Waals surface area contributed by atoms with Crippen molar-refractivity contribution in [2.75, 3.05) is 13.2 Å². The third kappa shape index (κ3) is 4.20. The van der Waals surface area contributed by atoms with Crippen molar-refractivity contribution in [1.29, 1.82) is 0 Å². The van der Waals surface area contributed by atoms with Crippen LogP contribution >= 0.6 is 11.8 Å². The van der Waals surface area contributed by atoms with Gasteiger partial charge in [-0.1, -0.05) is 60.7 Å². The first-order chi connectivity index (χ1) is 17.5. The summed E-state index contributed by atoms with van der Waals surface area (Å²) in [5.41, 5.74) is 1.94. The molecule has 2 aromatic rings. The Bertz CT molecular complexity index is 1110. The molecule has 0 radical (unpaired) electrons. The van der Waals surface area contributed by atoms with E-state index in [4.69, 9.17) is 4.74 Å². The molecule has 7 nitrogen and oxygen atoms in total. The van der Waals surface area contributed by atoms with E-state index in [2.05, 4.69) is 5.32 Å². The normalized spacial score (nSPS) is 29.2. The molecule has 5 rings (SSSR count). The molecule has 2 N–H and O–H groups in total. The lowest BCUT2D eigenvalue weighted by atomic mass is 9.71. The number of benzene rings is 2. The van der Waals surface area contributed by atoms with Crippen molar-refractivity contribution in [2.45, 2.75) is 54.8 Å². The number of aliphatic hydroxyl groups excluding tert-OH is 1. The highest BCUT2D eigenvalue weighted by atomic mass is 32.2. The molecule has 2 amide bonds. The van der Waals surface area contributed by atoms with Crippen LogP contribution in [0, 0.1) is 11.8 Å². The predicted octanol–water partition coefficient (Wildman–Crippen LogP) is 2.56. The minimum Gasteiger partial charge on any atom is -0.466 e. The molecule has 0 aromatic heterocycles. The second kappa shape index (κ2) is 10.3. The third-order valence-electron chi connectivity index (χ3n) is 7.77. The lowest BCUT2D eigenvalue weighted by molar-refractivity contribution is -0.154. The summed E-state index contributed by atoms with van der Waals surface area (Å²) in [5, 5.41) is 13.5. The van der Waals surface area contributed by atoms with E-state index < -0.39 is 28.7 Å². The summed E-state index contributed by atoms with van der Waals surface area (Å²) >= 11 is 1.61. The van der Waals surface area contributed by atoms with Gasteiger partial charge in [0.15, 0.2) is 0 Å². The van der Waals surface area contributed by atoms with E-state index in [1.54, 1.807) is 23.6 Å². The van der Waals surface area contributed by atoms with Crippen LogP contribution in [0.2, 0.25) is 0 Å². The molecule has 2 aromatic carbocycles. The van der Waals surface area contributed by atoms with Crippen molar-refractivity contribution in [2.24, 2.45) is 11.8 Å². The fourth-order valence-electron chi connectivity index (χ4n) is 6.31. The van der Waals surface area contributed by atoms with Crippen molar-refractivity contribution < 1.29 is 24.2 Å². The molecule has 3 fully saturated rings. The van der Waals surface area contributed by atoms with Crippen molar-refractivity contribution in [3.8, 4) is 0 Å². The number of amides is 2. The SMILES string of the molecule is CCOC(=O)[C@@H]1[C@H]2C(=O)N([C@@H](CO)Cc3ccccc3)C(C(=O)NCc3ccccc3)C23CC[C@H]1S3. The monoisotopic (exact) mass is 508 g/mol. The second-order valence-electron chi connectivity index (χ2n) is 9.78. The van der Waals surface area contributed by atoms with Crippen LogP contribution in [0.4, 0.5) is 0 Å². The zero-order chi connectivity index (χ0) is 25.3. The maximum atomic E-state index is 14.1.